The van der Waals surface area contributed by atoms with E-state index in [0.29, 0.717) is 17.9 Å². The second-order valence-corrected chi connectivity index (χ2v) is 5.48. The van der Waals surface area contributed by atoms with E-state index in [4.69, 9.17) is 5.73 Å². The number of nitrogens with two attached hydrogens (primary N) is 1. The van der Waals surface area contributed by atoms with E-state index in [1.165, 1.54) is 25.7 Å². The maximum atomic E-state index is 5.77. The summed E-state index contributed by atoms with van der Waals surface area (Å²) in [7, 11) is 0. The van der Waals surface area contributed by atoms with Crippen molar-refractivity contribution in [3.05, 3.63) is 0 Å². The van der Waals surface area contributed by atoms with Gasteiger partial charge in [0.1, 0.15) is 0 Å². The summed E-state index contributed by atoms with van der Waals surface area (Å²) in [5.41, 5.74) is 5.77. The van der Waals surface area contributed by atoms with E-state index in [9.17, 15) is 0 Å². The quantitative estimate of drug-likeness (QED) is 0.709. The van der Waals surface area contributed by atoms with E-state index in [2.05, 4.69) is 26.1 Å². The summed E-state index contributed by atoms with van der Waals surface area (Å²) < 4.78 is 0. The lowest BCUT2D eigenvalue weighted by Gasteiger charge is -2.25. The van der Waals surface area contributed by atoms with Gasteiger partial charge in [0.25, 0.3) is 0 Å². The SMILES string of the molecule is CC(C)C(CN)CNC(C)C1CCCC1. The van der Waals surface area contributed by atoms with Crippen LogP contribution in [0.4, 0.5) is 0 Å². The highest BCUT2D eigenvalue weighted by Gasteiger charge is 2.22. The van der Waals surface area contributed by atoms with Crippen molar-refractivity contribution in [1.82, 2.24) is 5.32 Å². The molecule has 0 aromatic carbocycles. The van der Waals surface area contributed by atoms with Gasteiger partial charge in [0.05, 0.1) is 0 Å². The molecule has 1 rings (SSSR count). The Hall–Kier alpha value is -0.0800. The average molecular weight is 212 g/mol. The lowest BCUT2D eigenvalue weighted by Crippen LogP contribution is -2.39. The molecule has 0 aliphatic heterocycles. The molecule has 0 aromatic heterocycles. The highest BCUT2D eigenvalue weighted by atomic mass is 14.9. The second kappa shape index (κ2) is 6.49. The van der Waals surface area contributed by atoms with E-state index >= 15 is 0 Å². The minimum absolute atomic E-state index is 0.633. The van der Waals surface area contributed by atoms with E-state index in [1.54, 1.807) is 0 Å². The zero-order valence-corrected chi connectivity index (χ0v) is 10.6. The summed E-state index contributed by atoms with van der Waals surface area (Å²) >= 11 is 0. The molecular weight excluding hydrogens is 184 g/mol. The van der Waals surface area contributed by atoms with Gasteiger partial charge in [0.15, 0.2) is 0 Å². The van der Waals surface area contributed by atoms with Crippen LogP contribution in [0.5, 0.6) is 0 Å². The Balaban J connectivity index is 2.22. The summed E-state index contributed by atoms with van der Waals surface area (Å²) in [6.45, 7) is 8.76. The number of rotatable bonds is 6. The molecule has 3 N–H and O–H groups in total. The molecule has 1 aliphatic rings. The van der Waals surface area contributed by atoms with E-state index < -0.39 is 0 Å². The maximum Gasteiger partial charge on any atom is 0.00671 e. The molecule has 2 nitrogen and oxygen atoms in total. The van der Waals surface area contributed by atoms with Crippen LogP contribution in [0.15, 0.2) is 0 Å². The smallest absolute Gasteiger partial charge is 0.00671 e. The summed E-state index contributed by atoms with van der Waals surface area (Å²) in [6, 6.07) is 0.681. The zero-order valence-electron chi connectivity index (χ0n) is 10.6. The molecule has 0 saturated heterocycles. The van der Waals surface area contributed by atoms with Crippen LogP contribution in [0.3, 0.4) is 0 Å². The van der Waals surface area contributed by atoms with E-state index in [0.717, 1.165) is 19.0 Å². The third-order valence-electron chi connectivity index (χ3n) is 4.05. The van der Waals surface area contributed by atoms with Crippen LogP contribution in [0.25, 0.3) is 0 Å². The summed E-state index contributed by atoms with van der Waals surface area (Å²) in [4.78, 5) is 0. The van der Waals surface area contributed by atoms with E-state index in [-0.39, 0.29) is 0 Å². The first-order valence-corrected chi connectivity index (χ1v) is 6.58. The Morgan fingerprint density at radius 3 is 2.27 bits per heavy atom. The Morgan fingerprint density at radius 2 is 1.80 bits per heavy atom. The van der Waals surface area contributed by atoms with Crippen molar-refractivity contribution >= 4 is 0 Å². The van der Waals surface area contributed by atoms with Crippen molar-refractivity contribution in [2.75, 3.05) is 13.1 Å². The lowest BCUT2D eigenvalue weighted by atomic mass is 9.94. The zero-order chi connectivity index (χ0) is 11.3. The predicted octanol–water partition coefficient (Wildman–Crippen LogP) is 2.39. The van der Waals surface area contributed by atoms with Gasteiger partial charge in [-0.3, -0.25) is 0 Å². The van der Waals surface area contributed by atoms with Gasteiger partial charge >= 0.3 is 0 Å². The summed E-state index contributed by atoms with van der Waals surface area (Å²) in [5, 5.41) is 3.68. The fraction of sp³-hybridized carbons (Fsp3) is 1.00. The molecule has 2 heteroatoms. The molecule has 2 atom stereocenters. The van der Waals surface area contributed by atoms with Crippen molar-refractivity contribution in [3.63, 3.8) is 0 Å². The molecule has 0 radical (unpaired) electrons. The Bertz CT molecular complexity index is 162. The Morgan fingerprint density at radius 1 is 1.20 bits per heavy atom. The van der Waals surface area contributed by atoms with Crippen molar-refractivity contribution in [1.29, 1.82) is 0 Å². The van der Waals surface area contributed by atoms with Crippen LogP contribution < -0.4 is 11.1 Å². The molecule has 90 valence electrons. The number of hydrogen-bond acceptors (Lipinski definition) is 2. The molecule has 0 spiro atoms. The Labute approximate surface area is 95.0 Å². The standard InChI is InChI=1S/C13H28N2/c1-10(2)13(8-14)9-15-11(3)12-6-4-5-7-12/h10-13,15H,4-9,14H2,1-3H3. The maximum absolute atomic E-state index is 5.77. The van der Waals surface area contributed by atoms with Gasteiger partial charge < -0.3 is 11.1 Å². The minimum atomic E-state index is 0.633. The van der Waals surface area contributed by atoms with Crippen LogP contribution in [0.1, 0.15) is 46.5 Å². The molecule has 0 heterocycles. The predicted molar refractivity (Wildman–Crippen MR) is 66.8 cm³/mol. The fourth-order valence-electron chi connectivity index (χ4n) is 2.55. The molecule has 2 unspecified atom stereocenters. The monoisotopic (exact) mass is 212 g/mol. The lowest BCUT2D eigenvalue weighted by molar-refractivity contribution is 0.314. The summed E-state index contributed by atoms with van der Waals surface area (Å²) in [6.07, 6.45) is 5.70. The van der Waals surface area contributed by atoms with Crippen LogP contribution in [-0.2, 0) is 0 Å². The second-order valence-electron chi connectivity index (χ2n) is 5.48. The molecule has 1 saturated carbocycles. The summed E-state index contributed by atoms with van der Waals surface area (Å²) in [5.74, 6) is 2.24. The topological polar surface area (TPSA) is 38.0 Å². The normalized spacial score (nSPS) is 22.2. The third-order valence-corrected chi connectivity index (χ3v) is 4.05. The van der Waals surface area contributed by atoms with Gasteiger partial charge in [0.2, 0.25) is 0 Å². The molecule has 0 bridgehead atoms. The van der Waals surface area contributed by atoms with Gasteiger partial charge in [-0.25, -0.2) is 0 Å². The largest absolute Gasteiger partial charge is 0.330 e. The van der Waals surface area contributed by atoms with Gasteiger partial charge in [-0.15, -0.1) is 0 Å². The molecule has 1 fully saturated rings. The molecule has 1 aliphatic carbocycles. The van der Waals surface area contributed by atoms with Crippen molar-refractivity contribution in [2.24, 2.45) is 23.5 Å². The van der Waals surface area contributed by atoms with Crippen molar-refractivity contribution in [2.45, 2.75) is 52.5 Å². The van der Waals surface area contributed by atoms with Crippen molar-refractivity contribution < 1.29 is 0 Å². The van der Waals surface area contributed by atoms with Gasteiger partial charge in [0, 0.05) is 6.04 Å². The van der Waals surface area contributed by atoms with Crippen LogP contribution in [0.2, 0.25) is 0 Å². The highest BCUT2D eigenvalue weighted by Crippen LogP contribution is 2.27. The minimum Gasteiger partial charge on any atom is -0.330 e. The molecular formula is C13H28N2. The highest BCUT2D eigenvalue weighted by molar-refractivity contribution is 4.78. The number of hydrogen-bond donors (Lipinski definition) is 2. The van der Waals surface area contributed by atoms with E-state index in [1.807, 2.05) is 0 Å². The first kappa shape index (κ1) is 13.0. The number of nitrogens with one attached hydrogen (secondary N) is 1. The molecule has 0 aromatic rings. The molecule has 0 amide bonds. The third kappa shape index (κ3) is 4.12. The van der Waals surface area contributed by atoms with Crippen LogP contribution >= 0.6 is 0 Å². The Kier molecular flexibility index (Phi) is 5.62. The first-order chi connectivity index (χ1) is 7.15. The van der Waals surface area contributed by atoms with Gasteiger partial charge in [-0.1, -0.05) is 26.7 Å². The van der Waals surface area contributed by atoms with Crippen LogP contribution in [0, 0.1) is 17.8 Å². The van der Waals surface area contributed by atoms with Gasteiger partial charge in [-0.2, -0.15) is 0 Å². The van der Waals surface area contributed by atoms with Crippen molar-refractivity contribution in [3.8, 4) is 0 Å². The molecule has 15 heavy (non-hydrogen) atoms. The van der Waals surface area contributed by atoms with Gasteiger partial charge in [-0.05, 0) is 50.6 Å². The fourth-order valence-corrected chi connectivity index (χ4v) is 2.55. The first-order valence-electron chi connectivity index (χ1n) is 6.58. The van der Waals surface area contributed by atoms with Crippen LogP contribution in [-0.4, -0.2) is 19.1 Å². The average Bonchev–Trinajstić information content (AvgIpc) is 2.70.